The molecule has 0 aliphatic heterocycles. The fourth-order valence-electron chi connectivity index (χ4n) is 2.34. The molecule has 0 heterocycles. The second kappa shape index (κ2) is 7.94. The molecule has 20 heavy (non-hydrogen) atoms. The second-order valence-corrected chi connectivity index (χ2v) is 5.79. The predicted octanol–water partition coefficient (Wildman–Crippen LogP) is 1.48. The lowest BCUT2D eigenvalue weighted by Crippen LogP contribution is -2.51. The molecule has 0 aromatic rings. The SMILES string of the molecule is COCCOCCCOCC(C#N)(NC1CC1)C1CC1. The molecule has 1 unspecified atom stereocenters. The third-order valence-corrected chi connectivity index (χ3v) is 3.85. The summed E-state index contributed by atoms with van der Waals surface area (Å²) in [6, 6.07) is 3.02. The maximum absolute atomic E-state index is 9.53. The molecule has 2 fully saturated rings. The number of nitrogens with one attached hydrogen (secondary N) is 1. The van der Waals surface area contributed by atoms with Crippen LogP contribution in [0.3, 0.4) is 0 Å². The van der Waals surface area contributed by atoms with Gasteiger partial charge in [0.2, 0.25) is 0 Å². The van der Waals surface area contributed by atoms with Gasteiger partial charge in [-0.2, -0.15) is 5.26 Å². The molecule has 2 rings (SSSR count). The fourth-order valence-corrected chi connectivity index (χ4v) is 2.34. The Hall–Kier alpha value is -0.670. The molecule has 2 aliphatic rings. The molecule has 0 bridgehead atoms. The fraction of sp³-hybridized carbons (Fsp3) is 0.933. The Morgan fingerprint density at radius 1 is 1.10 bits per heavy atom. The molecule has 5 heteroatoms. The molecule has 0 radical (unpaired) electrons. The topological polar surface area (TPSA) is 63.5 Å². The highest BCUT2D eigenvalue weighted by atomic mass is 16.5. The number of nitriles is 1. The van der Waals surface area contributed by atoms with Gasteiger partial charge in [-0.3, -0.25) is 5.32 Å². The van der Waals surface area contributed by atoms with Crippen LogP contribution in [0.2, 0.25) is 0 Å². The zero-order valence-corrected chi connectivity index (χ0v) is 12.4. The Labute approximate surface area is 121 Å². The Kier molecular flexibility index (Phi) is 6.24. The first-order valence-corrected chi connectivity index (χ1v) is 7.64. The average Bonchev–Trinajstić information content (AvgIpc) is 3.33. The lowest BCUT2D eigenvalue weighted by atomic mass is 9.96. The van der Waals surface area contributed by atoms with Gasteiger partial charge in [0.25, 0.3) is 0 Å². The van der Waals surface area contributed by atoms with E-state index in [-0.39, 0.29) is 0 Å². The largest absolute Gasteiger partial charge is 0.382 e. The van der Waals surface area contributed by atoms with Crippen LogP contribution in [0, 0.1) is 17.2 Å². The van der Waals surface area contributed by atoms with Crippen molar-refractivity contribution in [3.8, 4) is 6.07 Å². The van der Waals surface area contributed by atoms with Gasteiger partial charge in [0.05, 0.1) is 25.9 Å². The highest BCUT2D eigenvalue weighted by Gasteiger charge is 2.48. The van der Waals surface area contributed by atoms with E-state index in [1.165, 1.54) is 12.8 Å². The zero-order valence-electron chi connectivity index (χ0n) is 12.4. The summed E-state index contributed by atoms with van der Waals surface area (Å²) in [5, 5.41) is 13.0. The zero-order chi connectivity index (χ0) is 14.3. The smallest absolute Gasteiger partial charge is 0.133 e. The molecule has 1 atom stereocenters. The van der Waals surface area contributed by atoms with E-state index in [1.807, 2.05) is 0 Å². The van der Waals surface area contributed by atoms with E-state index in [0.717, 1.165) is 19.3 Å². The summed E-state index contributed by atoms with van der Waals surface area (Å²) in [6.07, 6.45) is 5.56. The first-order valence-electron chi connectivity index (χ1n) is 7.64. The second-order valence-electron chi connectivity index (χ2n) is 5.79. The molecule has 2 aliphatic carbocycles. The van der Waals surface area contributed by atoms with E-state index in [2.05, 4.69) is 11.4 Å². The molecule has 0 aromatic heterocycles. The summed E-state index contributed by atoms with van der Waals surface area (Å²) < 4.78 is 16.0. The van der Waals surface area contributed by atoms with Crippen LogP contribution in [-0.2, 0) is 14.2 Å². The van der Waals surface area contributed by atoms with Gasteiger partial charge >= 0.3 is 0 Å². The predicted molar refractivity (Wildman–Crippen MR) is 75.4 cm³/mol. The highest BCUT2D eigenvalue weighted by Crippen LogP contribution is 2.41. The Morgan fingerprint density at radius 3 is 2.45 bits per heavy atom. The van der Waals surface area contributed by atoms with Crippen LogP contribution < -0.4 is 5.32 Å². The van der Waals surface area contributed by atoms with Gasteiger partial charge in [-0.15, -0.1) is 0 Å². The van der Waals surface area contributed by atoms with Crippen LogP contribution >= 0.6 is 0 Å². The number of rotatable bonds is 12. The third-order valence-electron chi connectivity index (χ3n) is 3.85. The molecule has 5 nitrogen and oxygen atoms in total. The first kappa shape index (κ1) is 15.7. The van der Waals surface area contributed by atoms with Crippen molar-refractivity contribution < 1.29 is 14.2 Å². The van der Waals surface area contributed by atoms with Crippen LogP contribution in [0.15, 0.2) is 0 Å². The molecule has 2 saturated carbocycles. The van der Waals surface area contributed by atoms with Gasteiger partial charge in [0.1, 0.15) is 5.54 Å². The summed E-state index contributed by atoms with van der Waals surface area (Å²) in [4.78, 5) is 0. The molecule has 1 N–H and O–H groups in total. The van der Waals surface area contributed by atoms with Crippen LogP contribution in [0.5, 0.6) is 0 Å². The minimum absolute atomic E-state index is 0.446. The molecular formula is C15H26N2O3. The Bertz CT molecular complexity index is 324. The number of methoxy groups -OCH3 is 1. The monoisotopic (exact) mass is 282 g/mol. The van der Waals surface area contributed by atoms with Gasteiger partial charge in [-0.1, -0.05) is 0 Å². The first-order chi connectivity index (χ1) is 9.80. The van der Waals surface area contributed by atoms with Gasteiger partial charge < -0.3 is 14.2 Å². The van der Waals surface area contributed by atoms with Crippen molar-refractivity contribution in [1.29, 1.82) is 5.26 Å². The molecular weight excluding hydrogens is 256 g/mol. The van der Waals surface area contributed by atoms with Gasteiger partial charge in [-0.05, 0) is 38.0 Å². The summed E-state index contributed by atoms with van der Waals surface area (Å²) in [5.41, 5.74) is -0.446. The van der Waals surface area contributed by atoms with Crippen molar-refractivity contribution in [2.45, 2.75) is 43.7 Å². The van der Waals surface area contributed by atoms with Gasteiger partial charge in [0.15, 0.2) is 0 Å². The summed E-state index contributed by atoms with van der Waals surface area (Å²) in [5.74, 6) is 0.478. The summed E-state index contributed by atoms with van der Waals surface area (Å²) in [7, 11) is 1.67. The summed E-state index contributed by atoms with van der Waals surface area (Å²) in [6.45, 7) is 3.09. The minimum Gasteiger partial charge on any atom is -0.382 e. The molecule has 0 spiro atoms. The normalized spacial score (nSPS) is 21.4. The standard InChI is InChI=1S/C15H26N2O3/c1-18-9-10-19-7-2-8-20-12-15(11-16,13-3-4-13)17-14-5-6-14/h13-14,17H,2-10,12H2,1H3. The van der Waals surface area contributed by atoms with E-state index >= 15 is 0 Å². The lowest BCUT2D eigenvalue weighted by Gasteiger charge is -2.28. The molecule has 0 saturated heterocycles. The van der Waals surface area contributed by atoms with Crippen molar-refractivity contribution in [2.75, 3.05) is 40.1 Å². The lowest BCUT2D eigenvalue weighted by molar-refractivity contribution is 0.0389. The van der Waals surface area contributed by atoms with Crippen LogP contribution in [0.4, 0.5) is 0 Å². The Balaban J connectivity index is 1.59. The van der Waals surface area contributed by atoms with E-state index in [1.54, 1.807) is 7.11 Å². The van der Waals surface area contributed by atoms with Crippen LogP contribution in [-0.4, -0.2) is 51.7 Å². The molecule has 0 amide bonds. The van der Waals surface area contributed by atoms with Crippen LogP contribution in [0.25, 0.3) is 0 Å². The van der Waals surface area contributed by atoms with Crippen molar-refractivity contribution in [1.82, 2.24) is 5.32 Å². The summed E-state index contributed by atoms with van der Waals surface area (Å²) >= 11 is 0. The Morgan fingerprint density at radius 2 is 1.85 bits per heavy atom. The maximum Gasteiger partial charge on any atom is 0.133 e. The van der Waals surface area contributed by atoms with Crippen molar-refractivity contribution in [2.24, 2.45) is 5.92 Å². The van der Waals surface area contributed by atoms with E-state index in [9.17, 15) is 5.26 Å². The van der Waals surface area contributed by atoms with Crippen LogP contribution in [0.1, 0.15) is 32.1 Å². The number of nitrogens with zero attached hydrogens (tertiary/aromatic N) is 1. The van der Waals surface area contributed by atoms with E-state index < -0.39 is 5.54 Å². The third kappa shape index (κ3) is 5.02. The highest BCUT2D eigenvalue weighted by molar-refractivity contribution is 5.17. The minimum atomic E-state index is -0.446. The van der Waals surface area contributed by atoms with Gasteiger partial charge in [0, 0.05) is 26.4 Å². The van der Waals surface area contributed by atoms with E-state index in [4.69, 9.17) is 14.2 Å². The number of ether oxygens (including phenoxy) is 3. The number of hydrogen-bond donors (Lipinski definition) is 1. The average molecular weight is 282 g/mol. The van der Waals surface area contributed by atoms with Crippen molar-refractivity contribution >= 4 is 0 Å². The van der Waals surface area contributed by atoms with Crippen molar-refractivity contribution in [3.63, 3.8) is 0 Å². The maximum atomic E-state index is 9.53. The molecule has 114 valence electrons. The molecule has 0 aromatic carbocycles. The van der Waals surface area contributed by atoms with Gasteiger partial charge in [-0.25, -0.2) is 0 Å². The van der Waals surface area contributed by atoms with Crippen molar-refractivity contribution in [3.05, 3.63) is 0 Å². The van der Waals surface area contributed by atoms with E-state index in [0.29, 0.717) is 45.0 Å². The number of hydrogen-bond acceptors (Lipinski definition) is 5. The quantitative estimate of drug-likeness (QED) is 0.549.